The molecule has 0 saturated carbocycles. The maximum Gasteiger partial charge on any atom is 0.258 e. The average molecular weight is 360 g/mol. The molecule has 25 heavy (non-hydrogen) atoms. The zero-order chi connectivity index (χ0) is 17.8. The Hall–Kier alpha value is -2.04. The Bertz CT molecular complexity index is 755. The summed E-state index contributed by atoms with van der Waals surface area (Å²) in [5.74, 6) is 0.568. The highest BCUT2D eigenvalue weighted by molar-refractivity contribution is 6.31. The molecule has 0 aromatic heterocycles. The van der Waals surface area contributed by atoms with Crippen molar-refractivity contribution < 1.29 is 14.4 Å². The van der Waals surface area contributed by atoms with Crippen molar-refractivity contribution in [1.82, 2.24) is 4.90 Å². The van der Waals surface area contributed by atoms with Gasteiger partial charge in [0.1, 0.15) is 12.3 Å². The topological polar surface area (TPSA) is 34.0 Å². The molecule has 0 spiro atoms. The van der Waals surface area contributed by atoms with Gasteiger partial charge in [-0.15, -0.1) is 0 Å². The maximum absolute atomic E-state index is 12.8. The van der Waals surface area contributed by atoms with Crippen LogP contribution in [0.25, 0.3) is 0 Å². The quantitative estimate of drug-likeness (QED) is 0.908. The van der Waals surface area contributed by atoms with Gasteiger partial charge in [0.15, 0.2) is 0 Å². The zero-order valence-corrected chi connectivity index (χ0v) is 15.5. The maximum atomic E-state index is 12.8. The van der Waals surface area contributed by atoms with Gasteiger partial charge in [0, 0.05) is 10.6 Å². The highest BCUT2D eigenvalue weighted by Crippen LogP contribution is 2.24. The van der Waals surface area contributed by atoms with Gasteiger partial charge in [0.25, 0.3) is 5.91 Å². The third-order valence-electron chi connectivity index (χ3n) is 4.85. The van der Waals surface area contributed by atoms with Crippen LogP contribution in [-0.4, -0.2) is 44.1 Å². The van der Waals surface area contributed by atoms with Crippen molar-refractivity contribution in [1.29, 1.82) is 0 Å². The third kappa shape index (κ3) is 4.14. The summed E-state index contributed by atoms with van der Waals surface area (Å²) in [7, 11) is 1.57. The molecule has 2 aromatic carbocycles. The van der Waals surface area contributed by atoms with E-state index < -0.39 is 0 Å². The second-order valence-electron chi connectivity index (χ2n) is 6.49. The molecule has 0 atom stereocenters. The highest BCUT2D eigenvalue weighted by atomic mass is 35.5. The molecule has 0 radical (unpaired) electrons. The lowest BCUT2D eigenvalue weighted by Crippen LogP contribution is -3.13. The van der Waals surface area contributed by atoms with Crippen LogP contribution in [0.15, 0.2) is 42.5 Å². The molecule has 2 aromatic rings. The molecule has 1 heterocycles. The van der Waals surface area contributed by atoms with E-state index in [1.807, 2.05) is 4.90 Å². The lowest BCUT2D eigenvalue weighted by atomic mass is 10.1. The van der Waals surface area contributed by atoms with Gasteiger partial charge in [0.05, 0.1) is 38.9 Å². The van der Waals surface area contributed by atoms with Crippen molar-refractivity contribution in [2.45, 2.75) is 13.5 Å². The van der Waals surface area contributed by atoms with Crippen LogP contribution < -0.4 is 9.64 Å². The molecule has 1 aliphatic heterocycles. The van der Waals surface area contributed by atoms with E-state index in [0.717, 1.165) is 32.7 Å². The summed E-state index contributed by atoms with van der Waals surface area (Å²) in [6.45, 7) is 6.55. The van der Waals surface area contributed by atoms with E-state index in [2.05, 4.69) is 31.2 Å². The van der Waals surface area contributed by atoms with Gasteiger partial charge in [-0.3, -0.25) is 4.79 Å². The van der Waals surface area contributed by atoms with Gasteiger partial charge < -0.3 is 14.5 Å². The van der Waals surface area contributed by atoms with Crippen LogP contribution in [0.4, 0.5) is 0 Å². The smallest absolute Gasteiger partial charge is 0.258 e. The van der Waals surface area contributed by atoms with E-state index in [4.69, 9.17) is 16.3 Å². The lowest BCUT2D eigenvalue weighted by Gasteiger charge is -2.32. The standard InChI is InChI=1S/C20H23ClN2O2/c1-15-5-3-4-6-16(15)14-22-9-11-23(12-10-22)20(24)18-13-17(21)7-8-19(18)25-2/h3-8,13H,9-12,14H2,1-2H3/p+1. The molecule has 0 unspecified atom stereocenters. The zero-order valence-electron chi connectivity index (χ0n) is 14.7. The molecule has 1 aliphatic rings. The molecule has 1 amide bonds. The number of amides is 1. The van der Waals surface area contributed by atoms with Crippen molar-refractivity contribution in [2.75, 3.05) is 33.3 Å². The van der Waals surface area contributed by atoms with Gasteiger partial charge in [-0.1, -0.05) is 35.9 Å². The number of carbonyl (C=O) groups is 1. The summed E-state index contributed by atoms with van der Waals surface area (Å²) >= 11 is 6.05. The number of halogens is 1. The van der Waals surface area contributed by atoms with Gasteiger partial charge in [0.2, 0.25) is 0 Å². The molecule has 1 N–H and O–H groups in total. The van der Waals surface area contributed by atoms with Crippen molar-refractivity contribution in [3.63, 3.8) is 0 Å². The molecule has 5 heteroatoms. The van der Waals surface area contributed by atoms with Gasteiger partial charge >= 0.3 is 0 Å². The summed E-state index contributed by atoms with van der Waals surface area (Å²) < 4.78 is 5.31. The Morgan fingerprint density at radius 2 is 1.92 bits per heavy atom. The summed E-state index contributed by atoms with van der Waals surface area (Å²) in [6.07, 6.45) is 0. The van der Waals surface area contributed by atoms with Crippen LogP contribution in [0.5, 0.6) is 5.75 Å². The first-order valence-electron chi connectivity index (χ1n) is 8.59. The number of carbonyl (C=O) groups excluding carboxylic acids is 1. The van der Waals surface area contributed by atoms with Crippen molar-refractivity contribution in [3.05, 3.63) is 64.2 Å². The number of piperazine rings is 1. The first kappa shape index (κ1) is 17.8. The molecular formula is C20H24ClN2O2+. The monoisotopic (exact) mass is 359 g/mol. The minimum absolute atomic E-state index is 0.00529. The number of aryl methyl sites for hydroxylation is 1. The normalized spacial score (nSPS) is 15.2. The van der Waals surface area contributed by atoms with Crippen molar-refractivity contribution >= 4 is 17.5 Å². The number of nitrogens with one attached hydrogen (secondary N) is 1. The number of hydrogen-bond acceptors (Lipinski definition) is 2. The molecular weight excluding hydrogens is 336 g/mol. The number of methoxy groups -OCH3 is 1. The van der Waals surface area contributed by atoms with E-state index in [1.165, 1.54) is 16.0 Å². The molecule has 0 bridgehead atoms. The first-order chi connectivity index (χ1) is 12.1. The number of hydrogen-bond donors (Lipinski definition) is 1. The minimum Gasteiger partial charge on any atom is -0.496 e. The Morgan fingerprint density at radius 1 is 1.20 bits per heavy atom. The number of rotatable bonds is 4. The fourth-order valence-electron chi connectivity index (χ4n) is 3.30. The van der Waals surface area contributed by atoms with Crippen LogP contribution in [-0.2, 0) is 6.54 Å². The fourth-order valence-corrected chi connectivity index (χ4v) is 3.47. The number of ether oxygens (including phenoxy) is 1. The van der Waals surface area contributed by atoms with E-state index >= 15 is 0 Å². The van der Waals surface area contributed by atoms with Crippen LogP contribution in [0.2, 0.25) is 5.02 Å². The molecule has 1 fully saturated rings. The predicted molar refractivity (Wildman–Crippen MR) is 99.5 cm³/mol. The summed E-state index contributed by atoms with van der Waals surface area (Å²) in [5.41, 5.74) is 3.25. The number of nitrogens with zero attached hydrogens (tertiary/aromatic N) is 1. The summed E-state index contributed by atoms with van der Waals surface area (Å²) in [5, 5.41) is 0.549. The molecule has 4 nitrogen and oxygen atoms in total. The predicted octanol–water partition coefficient (Wildman–Crippen LogP) is 2.20. The second kappa shape index (κ2) is 7.89. The third-order valence-corrected chi connectivity index (χ3v) is 5.09. The first-order valence-corrected chi connectivity index (χ1v) is 8.97. The van der Waals surface area contributed by atoms with Crippen LogP contribution in [0.1, 0.15) is 21.5 Å². The second-order valence-corrected chi connectivity index (χ2v) is 6.93. The molecule has 0 aliphatic carbocycles. The number of benzene rings is 2. The van der Waals surface area contributed by atoms with Crippen LogP contribution in [0, 0.1) is 6.92 Å². The SMILES string of the molecule is COc1ccc(Cl)cc1C(=O)N1CC[NH+](Cc2ccccc2C)CC1. The lowest BCUT2D eigenvalue weighted by molar-refractivity contribution is -0.917. The Balaban J connectivity index is 1.63. The average Bonchev–Trinajstić information content (AvgIpc) is 2.63. The van der Waals surface area contributed by atoms with E-state index in [-0.39, 0.29) is 5.91 Å². The molecule has 3 rings (SSSR count). The van der Waals surface area contributed by atoms with Gasteiger partial charge in [-0.25, -0.2) is 0 Å². The van der Waals surface area contributed by atoms with Gasteiger partial charge in [-0.05, 0) is 30.7 Å². The Morgan fingerprint density at radius 3 is 2.60 bits per heavy atom. The fraction of sp³-hybridized carbons (Fsp3) is 0.350. The minimum atomic E-state index is -0.00529. The largest absolute Gasteiger partial charge is 0.496 e. The molecule has 132 valence electrons. The van der Waals surface area contributed by atoms with Gasteiger partial charge in [-0.2, -0.15) is 0 Å². The van der Waals surface area contributed by atoms with Crippen LogP contribution >= 0.6 is 11.6 Å². The van der Waals surface area contributed by atoms with E-state index in [9.17, 15) is 4.79 Å². The van der Waals surface area contributed by atoms with E-state index in [0.29, 0.717) is 16.3 Å². The summed E-state index contributed by atoms with van der Waals surface area (Å²) in [6, 6.07) is 13.7. The Kier molecular flexibility index (Phi) is 5.61. The molecule has 1 saturated heterocycles. The van der Waals surface area contributed by atoms with Crippen molar-refractivity contribution in [2.24, 2.45) is 0 Å². The highest BCUT2D eigenvalue weighted by Gasteiger charge is 2.26. The van der Waals surface area contributed by atoms with Crippen molar-refractivity contribution in [3.8, 4) is 5.75 Å². The van der Waals surface area contributed by atoms with E-state index in [1.54, 1.807) is 25.3 Å². The number of quaternary nitrogens is 1. The van der Waals surface area contributed by atoms with Crippen LogP contribution in [0.3, 0.4) is 0 Å². The summed E-state index contributed by atoms with van der Waals surface area (Å²) in [4.78, 5) is 16.2. The Labute approximate surface area is 154 Å².